The van der Waals surface area contributed by atoms with Crippen LogP contribution in [0.5, 0.6) is 46.0 Å². The van der Waals surface area contributed by atoms with Crippen molar-refractivity contribution >= 4 is 76.2 Å². The monoisotopic (exact) mass is 1720 g/mol. The van der Waals surface area contributed by atoms with E-state index in [0.717, 1.165) is 88.5 Å². The van der Waals surface area contributed by atoms with Crippen LogP contribution in [0.1, 0.15) is 202 Å². The van der Waals surface area contributed by atoms with E-state index < -0.39 is 217 Å². The fraction of sp³-hybridized carbons (Fsp3) is 0.552. The van der Waals surface area contributed by atoms with Crippen LogP contribution in [0.4, 0.5) is 4.79 Å². The fourth-order valence-corrected chi connectivity index (χ4v) is 19.3. The van der Waals surface area contributed by atoms with Gasteiger partial charge in [-0.15, -0.1) is 0 Å². The van der Waals surface area contributed by atoms with E-state index in [9.17, 15) is 55.2 Å². The summed E-state index contributed by atoms with van der Waals surface area (Å²) >= 11 is 14.5. The van der Waals surface area contributed by atoms with E-state index in [1.807, 2.05) is 0 Å². The molecule has 16 rings (SSSR count). The number of nitrogens with two attached hydrogens (primary N) is 3. The van der Waals surface area contributed by atoms with Gasteiger partial charge >= 0.3 is 6.09 Å². The van der Waals surface area contributed by atoms with Gasteiger partial charge in [0.05, 0.1) is 46.7 Å². The number of carbonyl (C=O) groups is 9. The average Bonchev–Trinajstić information content (AvgIpc) is 0.756. The Morgan fingerprint density at radius 3 is 1.95 bits per heavy atom. The Morgan fingerprint density at radius 2 is 1.33 bits per heavy atom. The molecule has 4 aliphatic carbocycles. The number of phenolic OH excluding ortho intramolecular Hbond substituents is 2. The highest BCUT2D eigenvalue weighted by atomic mass is 35.5. The van der Waals surface area contributed by atoms with Crippen LogP contribution >= 0.6 is 23.2 Å². The molecule has 7 heterocycles. The van der Waals surface area contributed by atoms with E-state index in [0.29, 0.717) is 18.3 Å². The van der Waals surface area contributed by atoms with E-state index in [1.54, 1.807) is 13.8 Å². The summed E-state index contributed by atoms with van der Waals surface area (Å²) in [4.78, 5) is 137. The van der Waals surface area contributed by atoms with Gasteiger partial charge in [-0.05, 0) is 177 Å². The van der Waals surface area contributed by atoms with Crippen molar-refractivity contribution in [1.82, 2.24) is 26.6 Å². The van der Waals surface area contributed by atoms with Gasteiger partial charge in [0, 0.05) is 61.4 Å². The first-order valence-electron chi connectivity index (χ1n) is 41.6. The summed E-state index contributed by atoms with van der Waals surface area (Å²) < 4.78 is 44.9. The predicted molar refractivity (Wildman–Crippen MR) is 435 cm³/mol. The Labute approximate surface area is 708 Å². The normalized spacial score (nSPS) is 31.1. The maximum Gasteiger partial charge on any atom is 0.412 e. The first kappa shape index (κ1) is 89.6. The van der Waals surface area contributed by atoms with Gasteiger partial charge in [-0.1, -0.05) is 94.3 Å². The number of unbranched alkanes of at least 4 members (excludes halogenated alkanes) is 5. The molecule has 5 aromatic rings. The van der Waals surface area contributed by atoms with E-state index in [-0.39, 0.29) is 116 Å². The van der Waals surface area contributed by atoms with Crippen LogP contribution in [0.25, 0.3) is 11.1 Å². The number of ketones is 3. The number of primary amides is 1. The molecule has 19 N–H and O–H groups in total. The number of aromatic hydroxyl groups is 2. The molecule has 0 aromatic heterocycles. The molecule has 0 radical (unpaired) electrons. The van der Waals surface area contributed by atoms with E-state index in [4.69, 9.17) is 73.6 Å². The Morgan fingerprint density at radius 1 is 0.694 bits per heavy atom. The molecular formula is C87H108Cl2N8O24. The zero-order valence-corrected chi connectivity index (χ0v) is 69.3. The number of nitrogens with one attached hydrogen (secondary N) is 5. The number of hydrogen-bond donors (Lipinski definition) is 16. The van der Waals surface area contributed by atoms with E-state index >= 15 is 28.8 Å². The largest absolute Gasteiger partial charge is 0.507 e. The van der Waals surface area contributed by atoms with Crippen molar-refractivity contribution in [2.75, 3.05) is 13.2 Å². The van der Waals surface area contributed by atoms with Crippen LogP contribution in [0.3, 0.4) is 0 Å². The molecule has 654 valence electrons. The molecule has 15 bridgehead atoms. The van der Waals surface area contributed by atoms with Gasteiger partial charge in [0.2, 0.25) is 41.6 Å². The van der Waals surface area contributed by atoms with Crippen LogP contribution in [-0.2, 0) is 52.6 Å². The number of phenols is 2. The quantitative estimate of drug-likeness (QED) is 0.0298. The Kier molecular flexibility index (Phi) is 28.1. The standard InChI is InChI=1S/C87H108Cl2N8O24/c1-6-7-8-9-10-11-18-93-86(114)116-49-32-53-69(58(100)33-49)52-25-42(12-15-57(52)99)51-35-60(102)70-47-29-64(117-62-16-13-43(26-54(62)88)74(105)72(96-83(112)56(90)19-38(2)3)59(101)28-48(31-67(91)104)81(110)94-70)78(121-85-79(77(108)76(107)66(37-98)119-85)120-68-36-87(5,92)80(109)39(4)115-68)65(30-47)118-63-17-14-44(27-55(63)89)75(106)73(97-82(51)111)84(113)95-71(53)61(103)34-50-45-21-40-20-41(23-45)24-46(50)22-40/h12-17,25-27,29-30,32-33,38-41,45-46,48,50-51,56,66,68,70-77,79-80,85,98-100,105-109H,6-11,18-24,28,31,34-37,90,92H2,1-5H3,(H2,91,104)(H,93,114)(H,94,110)(H,95,113)(H,96,112)(H,97,111)/t39?,40?,41?,45?,46?,48-,50?,51+,56+,66?,68?,70?,71-,72-,73-,74+,75+,76?,77?,79?,80?,85?,87?/m0/s1. The second-order valence-electron chi connectivity index (χ2n) is 34.6. The molecule has 18 atom stereocenters. The van der Waals surface area contributed by atoms with Gasteiger partial charge in [-0.25, -0.2) is 4.79 Å². The molecular weight excluding hydrogens is 1610 g/mol. The lowest BCUT2D eigenvalue weighted by Crippen LogP contribution is -2.64. The second kappa shape index (κ2) is 37.9. The fourth-order valence-electron chi connectivity index (χ4n) is 18.9. The van der Waals surface area contributed by atoms with Gasteiger partial charge in [-0.2, -0.15) is 0 Å². The van der Waals surface area contributed by atoms with Gasteiger partial charge < -0.3 is 118 Å². The minimum Gasteiger partial charge on any atom is -0.507 e. The number of ether oxygens (including phenoxy) is 7. The summed E-state index contributed by atoms with van der Waals surface area (Å²) in [6.45, 7) is 7.99. The molecule has 2 saturated heterocycles. The zero-order valence-electron chi connectivity index (χ0n) is 67.8. The maximum atomic E-state index is 16.6. The average molecular weight is 1720 g/mol. The van der Waals surface area contributed by atoms with E-state index in [2.05, 4.69) is 33.5 Å². The summed E-state index contributed by atoms with van der Waals surface area (Å²) in [5, 5.41) is 109. The SMILES string of the molecule is CCCCCCCCNC(=O)Oc1cc(O)c2c(c1)[C@@H](C(=O)CC1C3CC4CC(C3)CC1C4)NC(=O)[C@H]1NC(=O)[C@H](CC(=O)C3NC(=O)[C@H](CC(N)=O)CC(=O)[C@H](NC(=O)[C@H](N)CC(C)C)[C@H](O)c4ccc(c(Cl)c4)Oc4cc3cc(c4OC3OC(CO)C(O)C(O)C3OC3CC(C)(N)C(O)C(C)O3)Oc3ccc(cc3Cl)[C@H]1O)c1ccc(O)c-2c1. The first-order valence-corrected chi connectivity index (χ1v) is 42.4. The van der Waals surface area contributed by atoms with Crippen LogP contribution in [0.15, 0.2) is 78.9 Å². The Hall–Kier alpha value is -9.13. The summed E-state index contributed by atoms with van der Waals surface area (Å²) in [7, 11) is 0. The molecule has 32 nitrogen and oxygen atoms in total. The van der Waals surface area contributed by atoms with Crippen LogP contribution < -0.4 is 62.7 Å². The van der Waals surface area contributed by atoms with Crippen molar-refractivity contribution in [1.29, 1.82) is 0 Å². The van der Waals surface area contributed by atoms with Crippen LogP contribution in [-0.4, -0.2) is 180 Å². The third kappa shape index (κ3) is 20.1. The third-order valence-corrected chi connectivity index (χ3v) is 25.6. The van der Waals surface area contributed by atoms with Gasteiger partial charge in [0.1, 0.15) is 83.4 Å². The molecule has 7 aliphatic heterocycles. The predicted octanol–water partition coefficient (Wildman–Crippen LogP) is 7.51. The number of Topliss-reactive ketones (excluding diaryl/α,β-unsaturated/α-hetero) is 3. The van der Waals surface area contributed by atoms with Gasteiger partial charge in [-0.3, -0.25) is 38.4 Å². The van der Waals surface area contributed by atoms with Crippen molar-refractivity contribution in [3.8, 4) is 57.1 Å². The van der Waals surface area contributed by atoms with Crippen LogP contribution in [0.2, 0.25) is 10.0 Å². The Balaban J connectivity index is 1.00. The zero-order chi connectivity index (χ0) is 86.9. The number of fused-ring (bicyclic) bond motifs is 15. The molecule has 10 unspecified atom stereocenters. The highest BCUT2D eigenvalue weighted by molar-refractivity contribution is 6.32. The summed E-state index contributed by atoms with van der Waals surface area (Å²) in [6, 6.07) is 6.13. The smallest absolute Gasteiger partial charge is 0.412 e. The van der Waals surface area contributed by atoms with Crippen molar-refractivity contribution < 1.29 is 117 Å². The summed E-state index contributed by atoms with van der Waals surface area (Å²) in [5.41, 5.74) is 15.8. The minimum absolute atomic E-state index is 0.0993. The maximum absolute atomic E-state index is 16.6. The first-order chi connectivity index (χ1) is 57.5. The lowest BCUT2D eigenvalue weighted by molar-refractivity contribution is -0.333. The molecule has 5 aromatic carbocycles. The van der Waals surface area contributed by atoms with Crippen molar-refractivity contribution in [2.24, 2.45) is 58.6 Å². The number of amides is 6. The summed E-state index contributed by atoms with van der Waals surface area (Å²) in [6.07, 6.45) is -11.2. The Bertz CT molecular complexity index is 4720. The lowest BCUT2D eigenvalue weighted by atomic mass is 9.51. The van der Waals surface area contributed by atoms with Crippen LogP contribution in [0, 0.1) is 41.4 Å². The number of benzene rings is 5. The molecule has 0 spiro atoms. The van der Waals surface area contributed by atoms with Gasteiger partial charge in [0.25, 0.3) is 0 Å². The number of hydrogen-bond acceptors (Lipinski definition) is 26. The van der Waals surface area contributed by atoms with Crippen molar-refractivity contribution in [3.63, 3.8) is 0 Å². The number of aliphatic hydroxyl groups is 6. The lowest BCUT2D eigenvalue weighted by Gasteiger charge is -2.54. The number of halogens is 2. The number of rotatable bonds is 22. The molecule has 4 saturated carbocycles. The number of aliphatic hydroxyl groups excluding tert-OH is 6. The summed E-state index contributed by atoms with van der Waals surface area (Å²) in [5.74, 6) is -15.3. The topological polar surface area (TPSA) is 518 Å². The molecule has 6 amide bonds. The minimum atomic E-state index is -2.20. The van der Waals surface area contributed by atoms with Gasteiger partial charge in [0.15, 0.2) is 41.2 Å². The third-order valence-electron chi connectivity index (χ3n) is 25.0. The van der Waals surface area contributed by atoms with E-state index in [1.165, 1.54) is 68.4 Å². The highest BCUT2D eigenvalue weighted by Gasteiger charge is 2.53. The molecule has 11 aliphatic rings. The molecule has 121 heavy (non-hydrogen) atoms. The van der Waals surface area contributed by atoms with Crippen molar-refractivity contribution in [2.45, 2.75) is 247 Å². The molecule has 34 heteroatoms. The van der Waals surface area contributed by atoms with Crippen molar-refractivity contribution in [3.05, 3.63) is 117 Å². The molecule has 6 fully saturated rings. The number of carbonyl (C=O) groups excluding carboxylic acids is 9. The highest BCUT2D eigenvalue weighted by Crippen LogP contribution is 2.59. The second-order valence-corrected chi connectivity index (χ2v) is 35.4.